The Morgan fingerprint density at radius 2 is 2.36 bits per heavy atom. The monoisotopic (exact) mass is 301 g/mol. The van der Waals surface area contributed by atoms with Gasteiger partial charge in [-0.1, -0.05) is 6.08 Å². The molecular weight excluding hydrogens is 278 g/mol. The standard InChI is InChI=1S/C17H23N3O2/c1-2-3-5-16(14-20-8-4-10-21-11-9-20)22-17-7-6-15(12-18)13-19-17/h2,6-7,13,16H,1,3-5,8-11,14H2/t16-/m0/s1. The molecule has 1 atom stereocenters. The zero-order valence-electron chi connectivity index (χ0n) is 12.9. The first kappa shape index (κ1) is 16.5. The van der Waals surface area contributed by atoms with Crippen molar-refractivity contribution in [2.24, 2.45) is 0 Å². The normalized spacial score (nSPS) is 17.2. The molecule has 22 heavy (non-hydrogen) atoms. The van der Waals surface area contributed by atoms with Gasteiger partial charge in [0.2, 0.25) is 5.88 Å². The second kappa shape index (κ2) is 9.19. The van der Waals surface area contributed by atoms with Gasteiger partial charge in [-0.2, -0.15) is 5.26 Å². The van der Waals surface area contributed by atoms with E-state index in [1.165, 1.54) is 0 Å². The second-order valence-corrected chi connectivity index (χ2v) is 5.37. The molecular formula is C17H23N3O2. The molecule has 0 amide bonds. The Morgan fingerprint density at radius 1 is 1.45 bits per heavy atom. The molecule has 0 unspecified atom stereocenters. The van der Waals surface area contributed by atoms with Crippen molar-refractivity contribution in [3.63, 3.8) is 0 Å². The summed E-state index contributed by atoms with van der Waals surface area (Å²) in [4.78, 5) is 6.57. The third-order valence-electron chi connectivity index (χ3n) is 3.62. The van der Waals surface area contributed by atoms with Gasteiger partial charge in [0.05, 0.1) is 12.2 Å². The fraction of sp³-hybridized carbons (Fsp3) is 0.529. The van der Waals surface area contributed by atoms with Crippen LogP contribution in [0.1, 0.15) is 24.8 Å². The molecule has 118 valence electrons. The highest BCUT2D eigenvalue weighted by Crippen LogP contribution is 2.14. The minimum Gasteiger partial charge on any atom is -0.473 e. The second-order valence-electron chi connectivity index (χ2n) is 5.37. The maximum absolute atomic E-state index is 8.81. The molecule has 1 saturated heterocycles. The lowest BCUT2D eigenvalue weighted by atomic mass is 10.1. The smallest absolute Gasteiger partial charge is 0.213 e. The van der Waals surface area contributed by atoms with Gasteiger partial charge in [-0.05, 0) is 25.3 Å². The molecule has 0 spiro atoms. The molecule has 0 N–H and O–H groups in total. The molecule has 0 aliphatic carbocycles. The zero-order chi connectivity index (χ0) is 15.6. The predicted octanol–water partition coefficient (Wildman–Crippen LogP) is 2.39. The van der Waals surface area contributed by atoms with Gasteiger partial charge in [-0.25, -0.2) is 4.98 Å². The number of pyridine rings is 1. The molecule has 0 saturated carbocycles. The van der Waals surface area contributed by atoms with Gasteiger partial charge < -0.3 is 9.47 Å². The summed E-state index contributed by atoms with van der Waals surface area (Å²) in [6.45, 7) is 8.24. The number of allylic oxidation sites excluding steroid dienone is 1. The zero-order valence-corrected chi connectivity index (χ0v) is 12.9. The number of hydrogen-bond acceptors (Lipinski definition) is 5. The molecule has 2 heterocycles. The van der Waals surface area contributed by atoms with Crippen molar-refractivity contribution < 1.29 is 9.47 Å². The summed E-state index contributed by atoms with van der Waals surface area (Å²) in [5, 5.41) is 8.81. The van der Waals surface area contributed by atoms with Crippen LogP contribution in [-0.4, -0.2) is 48.8 Å². The lowest BCUT2D eigenvalue weighted by Crippen LogP contribution is -2.37. The van der Waals surface area contributed by atoms with E-state index in [0.717, 1.165) is 52.1 Å². The van der Waals surface area contributed by atoms with E-state index < -0.39 is 0 Å². The van der Waals surface area contributed by atoms with Gasteiger partial charge in [-0.3, -0.25) is 4.90 Å². The molecule has 2 rings (SSSR count). The highest BCUT2D eigenvalue weighted by Gasteiger charge is 2.17. The molecule has 5 nitrogen and oxygen atoms in total. The average Bonchev–Trinajstić information content (AvgIpc) is 2.82. The van der Waals surface area contributed by atoms with Gasteiger partial charge in [0.1, 0.15) is 12.2 Å². The Balaban J connectivity index is 1.94. The van der Waals surface area contributed by atoms with E-state index in [1.807, 2.05) is 6.08 Å². The Labute approximate surface area is 132 Å². The highest BCUT2D eigenvalue weighted by atomic mass is 16.5. The minimum atomic E-state index is 0.0662. The lowest BCUT2D eigenvalue weighted by Gasteiger charge is -2.26. The van der Waals surface area contributed by atoms with E-state index >= 15 is 0 Å². The van der Waals surface area contributed by atoms with Crippen LogP contribution in [0.2, 0.25) is 0 Å². The van der Waals surface area contributed by atoms with Crippen molar-refractivity contribution in [1.29, 1.82) is 5.26 Å². The van der Waals surface area contributed by atoms with Gasteiger partial charge >= 0.3 is 0 Å². The van der Waals surface area contributed by atoms with Crippen LogP contribution in [0.3, 0.4) is 0 Å². The number of rotatable bonds is 7. The number of nitrogens with zero attached hydrogens (tertiary/aromatic N) is 3. The van der Waals surface area contributed by atoms with E-state index in [4.69, 9.17) is 14.7 Å². The fourth-order valence-electron chi connectivity index (χ4n) is 2.45. The van der Waals surface area contributed by atoms with Crippen LogP contribution < -0.4 is 4.74 Å². The van der Waals surface area contributed by atoms with E-state index in [0.29, 0.717) is 11.4 Å². The molecule has 0 aromatic carbocycles. The van der Waals surface area contributed by atoms with E-state index in [2.05, 4.69) is 22.5 Å². The maximum Gasteiger partial charge on any atom is 0.213 e. The quantitative estimate of drug-likeness (QED) is 0.724. The molecule has 1 aromatic rings. The van der Waals surface area contributed by atoms with Crippen LogP contribution >= 0.6 is 0 Å². The van der Waals surface area contributed by atoms with E-state index in [9.17, 15) is 0 Å². The number of aromatic nitrogens is 1. The van der Waals surface area contributed by atoms with Crippen molar-refractivity contribution in [2.75, 3.05) is 32.8 Å². The largest absolute Gasteiger partial charge is 0.473 e. The van der Waals surface area contributed by atoms with E-state index in [-0.39, 0.29) is 6.10 Å². The third kappa shape index (κ3) is 5.47. The molecule has 0 radical (unpaired) electrons. The van der Waals surface area contributed by atoms with E-state index in [1.54, 1.807) is 18.3 Å². The Kier molecular flexibility index (Phi) is 6.88. The summed E-state index contributed by atoms with van der Waals surface area (Å²) in [5.41, 5.74) is 0.541. The summed E-state index contributed by atoms with van der Waals surface area (Å²) >= 11 is 0. The lowest BCUT2D eigenvalue weighted by molar-refractivity contribution is 0.109. The van der Waals surface area contributed by atoms with Crippen molar-refractivity contribution in [3.05, 3.63) is 36.5 Å². The molecule has 1 aliphatic rings. The van der Waals surface area contributed by atoms with Crippen LogP contribution in [0.15, 0.2) is 31.0 Å². The van der Waals surface area contributed by atoms with Crippen molar-refractivity contribution in [1.82, 2.24) is 9.88 Å². The third-order valence-corrected chi connectivity index (χ3v) is 3.62. The average molecular weight is 301 g/mol. The topological polar surface area (TPSA) is 58.4 Å². The molecule has 1 aromatic heterocycles. The number of ether oxygens (including phenoxy) is 2. The summed E-state index contributed by atoms with van der Waals surface area (Å²) in [7, 11) is 0. The highest BCUT2D eigenvalue weighted by molar-refractivity contribution is 5.28. The molecule has 1 aliphatic heterocycles. The molecule has 5 heteroatoms. The van der Waals surface area contributed by atoms with Gasteiger partial charge in [0.25, 0.3) is 0 Å². The van der Waals surface area contributed by atoms with Gasteiger partial charge in [-0.15, -0.1) is 6.58 Å². The van der Waals surface area contributed by atoms with Crippen LogP contribution in [0.25, 0.3) is 0 Å². The number of nitriles is 1. The SMILES string of the molecule is C=CCC[C@@H](CN1CCCOCC1)Oc1ccc(C#N)cn1. The number of hydrogen-bond donors (Lipinski definition) is 0. The first-order valence-corrected chi connectivity index (χ1v) is 7.75. The molecule has 0 bridgehead atoms. The summed E-state index contributed by atoms with van der Waals surface area (Å²) < 4.78 is 11.5. The fourth-order valence-corrected chi connectivity index (χ4v) is 2.45. The van der Waals surface area contributed by atoms with Crippen LogP contribution in [-0.2, 0) is 4.74 Å². The van der Waals surface area contributed by atoms with Crippen LogP contribution in [0, 0.1) is 11.3 Å². The van der Waals surface area contributed by atoms with Gasteiger partial charge in [0, 0.05) is 38.5 Å². The summed E-state index contributed by atoms with van der Waals surface area (Å²) in [5.74, 6) is 0.569. The van der Waals surface area contributed by atoms with Crippen LogP contribution in [0.5, 0.6) is 5.88 Å². The summed E-state index contributed by atoms with van der Waals surface area (Å²) in [6, 6.07) is 5.54. The van der Waals surface area contributed by atoms with Gasteiger partial charge in [0.15, 0.2) is 0 Å². The van der Waals surface area contributed by atoms with Crippen molar-refractivity contribution in [2.45, 2.75) is 25.4 Å². The minimum absolute atomic E-state index is 0.0662. The Morgan fingerprint density at radius 3 is 3.09 bits per heavy atom. The predicted molar refractivity (Wildman–Crippen MR) is 84.7 cm³/mol. The first-order chi connectivity index (χ1) is 10.8. The maximum atomic E-state index is 8.81. The Bertz CT molecular complexity index is 488. The Hall–Kier alpha value is -1.90. The van der Waals surface area contributed by atoms with Crippen LogP contribution in [0.4, 0.5) is 0 Å². The summed E-state index contributed by atoms with van der Waals surface area (Å²) in [6.07, 6.45) is 6.39. The first-order valence-electron chi connectivity index (χ1n) is 7.75. The molecule has 1 fully saturated rings. The van der Waals surface area contributed by atoms with Crippen molar-refractivity contribution in [3.8, 4) is 11.9 Å². The van der Waals surface area contributed by atoms with Crippen molar-refractivity contribution >= 4 is 0 Å².